The van der Waals surface area contributed by atoms with Crippen molar-refractivity contribution in [2.45, 2.75) is 57.4 Å². The van der Waals surface area contributed by atoms with E-state index >= 15 is 0 Å². The Bertz CT molecular complexity index is 369. The van der Waals surface area contributed by atoms with E-state index in [0.717, 1.165) is 25.7 Å². The molecule has 2 saturated carbocycles. The number of amides is 1. The SMILES string of the molecule is O=C(O)C1N(CC2CCCCC2)C(=O)CC12CC2. The summed E-state index contributed by atoms with van der Waals surface area (Å²) < 4.78 is 0. The minimum atomic E-state index is -0.797. The Labute approximate surface area is 107 Å². The smallest absolute Gasteiger partial charge is 0.327 e. The van der Waals surface area contributed by atoms with Crippen molar-refractivity contribution in [3.05, 3.63) is 0 Å². The van der Waals surface area contributed by atoms with Gasteiger partial charge < -0.3 is 10.0 Å². The fourth-order valence-corrected chi connectivity index (χ4v) is 3.84. The lowest BCUT2D eigenvalue weighted by Gasteiger charge is -2.30. The van der Waals surface area contributed by atoms with Gasteiger partial charge in [-0.1, -0.05) is 19.3 Å². The highest BCUT2D eigenvalue weighted by Crippen LogP contribution is 2.57. The van der Waals surface area contributed by atoms with Gasteiger partial charge in [-0.3, -0.25) is 4.79 Å². The summed E-state index contributed by atoms with van der Waals surface area (Å²) in [5, 5.41) is 9.41. The Morgan fingerprint density at radius 1 is 1.28 bits per heavy atom. The molecule has 1 unspecified atom stereocenters. The summed E-state index contributed by atoms with van der Waals surface area (Å²) in [7, 11) is 0. The van der Waals surface area contributed by atoms with Gasteiger partial charge in [0.2, 0.25) is 5.91 Å². The molecular formula is C14H21NO3. The van der Waals surface area contributed by atoms with Crippen LogP contribution in [0.4, 0.5) is 0 Å². The summed E-state index contributed by atoms with van der Waals surface area (Å²) in [6, 6.07) is -0.535. The summed E-state index contributed by atoms with van der Waals surface area (Å²) in [6.07, 6.45) is 8.36. The van der Waals surface area contributed by atoms with Crippen LogP contribution in [0, 0.1) is 11.3 Å². The van der Waals surface area contributed by atoms with Gasteiger partial charge in [0.25, 0.3) is 0 Å². The Morgan fingerprint density at radius 3 is 2.50 bits per heavy atom. The summed E-state index contributed by atoms with van der Waals surface area (Å²) in [6.45, 7) is 0.678. The molecule has 0 bridgehead atoms. The van der Waals surface area contributed by atoms with Gasteiger partial charge in [-0.2, -0.15) is 0 Å². The molecule has 4 heteroatoms. The Hall–Kier alpha value is -1.06. The Balaban J connectivity index is 1.72. The van der Waals surface area contributed by atoms with Crippen molar-refractivity contribution in [2.75, 3.05) is 6.54 Å². The standard InChI is InChI=1S/C14H21NO3/c16-11-8-14(6-7-14)12(13(17)18)15(11)9-10-4-2-1-3-5-10/h10,12H,1-9H2,(H,17,18). The largest absolute Gasteiger partial charge is 0.480 e. The van der Waals surface area contributed by atoms with E-state index < -0.39 is 12.0 Å². The number of carboxylic acid groups (broad SMARTS) is 1. The first-order valence-corrected chi connectivity index (χ1v) is 7.15. The van der Waals surface area contributed by atoms with Crippen LogP contribution < -0.4 is 0 Å². The monoisotopic (exact) mass is 251 g/mol. The summed E-state index contributed by atoms with van der Waals surface area (Å²) in [4.78, 5) is 25.2. The van der Waals surface area contributed by atoms with E-state index in [-0.39, 0.29) is 11.3 Å². The molecule has 18 heavy (non-hydrogen) atoms. The quantitative estimate of drug-likeness (QED) is 0.835. The Morgan fingerprint density at radius 2 is 1.94 bits per heavy atom. The van der Waals surface area contributed by atoms with Gasteiger partial charge in [0, 0.05) is 18.4 Å². The zero-order valence-corrected chi connectivity index (χ0v) is 10.7. The molecule has 3 aliphatic rings. The highest BCUT2D eigenvalue weighted by molar-refractivity contribution is 5.90. The molecule has 1 spiro atoms. The van der Waals surface area contributed by atoms with Gasteiger partial charge in [-0.15, -0.1) is 0 Å². The van der Waals surface area contributed by atoms with E-state index in [9.17, 15) is 14.7 Å². The number of likely N-dealkylation sites (tertiary alicyclic amines) is 1. The van der Waals surface area contributed by atoms with Crippen LogP contribution in [-0.2, 0) is 9.59 Å². The van der Waals surface area contributed by atoms with Gasteiger partial charge in [0.05, 0.1) is 0 Å². The van der Waals surface area contributed by atoms with E-state index in [4.69, 9.17) is 0 Å². The molecule has 4 nitrogen and oxygen atoms in total. The van der Waals surface area contributed by atoms with Gasteiger partial charge in [0.15, 0.2) is 0 Å². The van der Waals surface area contributed by atoms with E-state index in [2.05, 4.69) is 0 Å². The van der Waals surface area contributed by atoms with Crippen molar-refractivity contribution in [2.24, 2.45) is 11.3 Å². The molecule has 0 aromatic rings. The maximum absolute atomic E-state index is 12.1. The second-order valence-electron chi connectivity index (χ2n) is 6.33. The molecule has 2 aliphatic carbocycles. The molecule has 3 rings (SSSR count). The van der Waals surface area contributed by atoms with Gasteiger partial charge in [-0.25, -0.2) is 4.79 Å². The number of hydrogen-bond acceptors (Lipinski definition) is 2. The van der Waals surface area contributed by atoms with Gasteiger partial charge >= 0.3 is 5.97 Å². The highest BCUT2D eigenvalue weighted by atomic mass is 16.4. The number of hydrogen-bond donors (Lipinski definition) is 1. The van der Waals surface area contributed by atoms with Crippen LogP contribution in [0.3, 0.4) is 0 Å². The van der Waals surface area contributed by atoms with Crippen LogP contribution >= 0.6 is 0 Å². The zero-order chi connectivity index (χ0) is 12.8. The number of carbonyl (C=O) groups excluding carboxylic acids is 1. The molecule has 3 fully saturated rings. The normalized spacial score (nSPS) is 31.0. The molecule has 1 aliphatic heterocycles. The van der Waals surface area contributed by atoms with Crippen molar-refractivity contribution in [1.82, 2.24) is 4.90 Å². The predicted molar refractivity (Wildman–Crippen MR) is 66.0 cm³/mol. The number of carboxylic acids is 1. The average Bonchev–Trinajstić information content (AvgIpc) is 3.03. The number of carbonyl (C=O) groups is 2. The molecular weight excluding hydrogens is 230 g/mol. The van der Waals surface area contributed by atoms with Crippen molar-refractivity contribution in [3.63, 3.8) is 0 Å². The third-order valence-corrected chi connectivity index (χ3v) is 5.02. The molecule has 1 heterocycles. The number of nitrogens with zero attached hydrogens (tertiary/aromatic N) is 1. The van der Waals surface area contributed by atoms with E-state index in [0.29, 0.717) is 18.9 Å². The maximum Gasteiger partial charge on any atom is 0.327 e. The lowest BCUT2D eigenvalue weighted by molar-refractivity contribution is -0.148. The molecule has 0 aromatic carbocycles. The highest BCUT2D eigenvalue weighted by Gasteiger charge is 2.62. The van der Waals surface area contributed by atoms with Crippen molar-refractivity contribution >= 4 is 11.9 Å². The molecule has 0 radical (unpaired) electrons. The maximum atomic E-state index is 12.1. The first-order chi connectivity index (χ1) is 8.62. The van der Waals surface area contributed by atoms with E-state index in [1.54, 1.807) is 4.90 Å². The second kappa shape index (κ2) is 4.25. The fraction of sp³-hybridized carbons (Fsp3) is 0.857. The first kappa shape index (κ1) is 12.0. The summed E-state index contributed by atoms with van der Waals surface area (Å²) >= 11 is 0. The lowest BCUT2D eigenvalue weighted by atomic mass is 9.88. The van der Waals surface area contributed by atoms with Crippen LogP contribution in [0.2, 0.25) is 0 Å². The van der Waals surface area contributed by atoms with Crippen LogP contribution in [0.1, 0.15) is 51.4 Å². The van der Waals surface area contributed by atoms with Crippen molar-refractivity contribution in [3.8, 4) is 0 Å². The number of rotatable bonds is 3. The minimum absolute atomic E-state index is 0.0745. The van der Waals surface area contributed by atoms with Crippen molar-refractivity contribution < 1.29 is 14.7 Å². The predicted octanol–water partition coefficient (Wildman–Crippen LogP) is 2.03. The lowest BCUT2D eigenvalue weighted by Crippen LogP contribution is -2.44. The van der Waals surface area contributed by atoms with Crippen LogP contribution in [0.25, 0.3) is 0 Å². The molecule has 1 saturated heterocycles. The van der Waals surface area contributed by atoms with Crippen LogP contribution in [-0.4, -0.2) is 34.5 Å². The van der Waals surface area contributed by atoms with Gasteiger partial charge in [-0.05, 0) is 31.6 Å². The second-order valence-corrected chi connectivity index (χ2v) is 6.33. The third kappa shape index (κ3) is 1.91. The third-order valence-electron chi connectivity index (χ3n) is 5.02. The minimum Gasteiger partial charge on any atom is -0.480 e. The molecule has 1 atom stereocenters. The Kier molecular flexibility index (Phi) is 2.83. The molecule has 0 aromatic heterocycles. The summed E-state index contributed by atoms with van der Waals surface area (Å²) in [5.74, 6) is -0.196. The van der Waals surface area contributed by atoms with E-state index in [1.165, 1.54) is 19.3 Å². The number of aliphatic carboxylic acids is 1. The zero-order valence-electron chi connectivity index (χ0n) is 10.7. The summed E-state index contributed by atoms with van der Waals surface area (Å²) in [5.41, 5.74) is -0.197. The van der Waals surface area contributed by atoms with E-state index in [1.807, 2.05) is 0 Å². The topological polar surface area (TPSA) is 57.6 Å². The molecule has 1 amide bonds. The van der Waals surface area contributed by atoms with Gasteiger partial charge in [0.1, 0.15) is 6.04 Å². The average molecular weight is 251 g/mol. The van der Waals surface area contributed by atoms with Crippen LogP contribution in [0.5, 0.6) is 0 Å². The molecule has 100 valence electrons. The molecule has 1 N–H and O–H groups in total. The van der Waals surface area contributed by atoms with Crippen LogP contribution in [0.15, 0.2) is 0 Å². The fourth-order valence-electron chi connectivity index (χ4n) is 3.84. The first-order valence-electron chi connectivity index (χ1n) is 7.15. The van der Waals surface area contributed by atoms with Crippen molar-refractivity contribution in [1.29, 1.82) is 0 Å².